The maximum atomic E-state index is 13.0. The summed E-state index contributed by atoms with van der Waals surface area (Å²) in [6, 6.07) is 9.68. The van der Waals surface area contributed by atoms with E-state index in [9.17, 15) is 14.7 Å². The molecule has 1 N–H and O–H groups in total. The Labute approximate surface area is 168 Å². The van der Waals surface area contributed by atoms with E-state index in [4.69, 9.17) is 21.1 Å². The largest absolute Gasteiger partial charge is 0.497 e. The highest BCUT2D eigenvalue weighted by molar-refractivity contribution is 6.31. The van der Waals surface area contributed by atoms with Gasteiger partial charge in [-0.3, -0.25) is 9.59 Å². The van der Waals surface area contributed by atoms with Gasteiger partial charge in [0.15, 0.2) is 11.4 Å². The molecule has 2 aromatic carbocycles. The molecule has 3 rings (SSSR count). The lowest BCUT2D eigenvalue weighted by Gasteiger charge is -2.23. The fraction of sp³-hybridized carbons (Fsp3) is 0.333. The Hall–Kier alpha value is -2.57. The van der Waals surface area contributed by atoms with E-state index in [2.05, 4.69) is 0 Å². The molecule has 0 unspecified atom stereocenters. The molecular weight excluding hydrogens is 382 g/mol. The molecule has 0 bridgehead atoms. The van der Waals surface area contributed by atoms with E-state index in [1.54, 1.807) is 36.4 Å². The minimum absolute atomic E-state index is 0.266. The van der Waals surface area contributed by atoms with Crippen LogP contribution in [0.1, 0.15) is 35.7 Å². The van der Waals surface area contributed by atoms with Crippen LogP contribution in [-0.2, 0) is 10.4 Å². The molecule has 0 saturated heterocycles. The lowest BCUT2D eigenvalue weighted by molar-refractivity contribution is -0.135. The summed E-state index contributed by atoms with van der Waals surface area (Å²) in [5, 5.41) is 11.7. The molecule has 0 radical (unpaired) electrons. The number of carbonyl (C=O) groups is 2. The zero-order chi connectivity index (χ0) is 20.5. The predicted octanol–water partition coefficient (Wildman–Crippen LogP) is 3.57. The highest BCUT2D eigenvalue weighted by Crippen LogP contribution is 2.44. The average Bonchev–Trinajstić information content (AvgIpc) is 2.89. The fourth-order valence-corrected chi connectivity index (χ4v) is 3.67. The normalized spacial score (nSPS) is 18.2. The van der Waals surface area contributed by atoms with Crippen molar-refractivity contribution in [1.82, 2.24) is 0 Å². The number of fused-ring (bicyclic) bond motifs is 1. The van der Waals surface area contributed by atoms with Crippen molar-refractivity contribution in [2.75, 3.05) is 25.7 Å². The molecule has 1 aliphatic rings. The van der Waals surface area contributed by atoms with Crippen LogP contribution in [0, 0.1) is 0 Å². The summed E-state index contributed by atoms with van der Waals surface area (Å²) >= 11 is 6.10. The molecule has 0 aromatic heterocycles. The quantitative estimate of drug-likeness (QED) is 0.715. The Kier molecular flexibility index (Phi) is 5.63. The molecule has 1 amide bonds. The topological polar surface area (TPSA) is 76.1 Å². The third-order valence-electron chi connectivity index (χ3n) is 4.87. The van der Waals surface area contributed by atoms with Crippen LogP contribution >= 0.6 is 11.6 Å². The molecule has 1 atom stereocenters. The van der Waals surface area contributed by atoms with Crippen molar-refractivity contribution in [1.29, 1.82) is 0 Å². The van der Waals surface area contributed by atoms with Crippen LogP contribution in [0.2, 0.25) is 5.02 Å². The van der Waals surface area contributed by atoms with Crippen LogP contribution in [-0.4, -0.2) is 37.6 Å². The minimum Gasteiger partial charge on any atom is -0.497 e. The summed E-state index contributed by atoms with van der Waals surface area (Å²) in [5.41, 5.74) is -0.785. The Bertz CT molecular complexity index is 929. The number of carbonyl (C=O) groups excluding carboxylic acids is 2. The molecule has 0 saturated carbocycles. The third-order valence-corrected chi connectivity index (χ3v) is 5.10. The molecule has 1 heterocycles. The fourth-order valence-electron chi connectivity index (χ4n) is 3.50. The van der Waals surface area contributed by atoms with Gasteiger partial charge in [-0.1, -0.05) is 18.5 Å². The SMILES string of the molecule is CCCN1C(=O)[C@](O)(CC(=O)c2ccc(OC)cc2OC)c2cc(Cl)ccc21. The number of amides is 1. The van der Waals surface area contributed by atoms with Gasteiger partial charge in [0.25, 0.3) is 5.91 Å². The number of hydrogen-bond acceptors (Lipinski definition) is 5. The second-order valence-electron chi connectivity index (χ2n) is 6.64. The maximum Gasteiger partial charge on any atom is 0.264 e. The van der Waals surface area contributed by atoms with Crippen LogP contribution in [0.5, 0.6) is 11.5 Å². The number of Topliss-reactive ketones (excluding diaryl/α,β-unsaturated/α-hetero) is 1. The van der Waals surface area contributed by atoms with Gasteiger partial charge in [0.05, 0.1) is 31.9 Å². The number of ether oxygens (including phenoxy) is 2. The molecule has 7 heteroatoms. The molecule has 1 aliphatic heterocycles. The standard InChI is InChI=1S/C21H22ClNO5/c1-4-9-23-17-8-5-13(22)10-16(17)21(26,20(23)25)12-18(24)15-7-6-14(27-2)11-19(15)28-3/h5-8,10-11,26H,4,9,12H2,1-3H3/t21-/m0/s1. The number of aliphatic hydroxyl groups is 1. The van der Waals surface area contributed by atoms with Crippen molar-refractivity contribution in [3.63, 3.8) is 0 Å². The van der Waals surface area contributed by atoms with Gasteiger partial charge in [0, 0.05) is 23.2 Å². The van der Waals surface area contributed by atoms with Crippen LogP contribution in [0.25, 0.3) is 0 Å². The molecule has 6 nitrogen and oxygen atoms in total. The van der Waals surface area contributed by atoms with Crippen molar-refractivity contribution in [2.45, 2.75) is 25.4 Å². The number of rotatable bonds is 7. The van der Waals surface area contributed by atoms with Crippen molar-refractivity contribution in [3.05, 3.63) is 52.5 Å². The number of nitrogens with zero attached hydrogens (tertiary/aromatic N) is 1. The summed E-state index contributed by atoms with van der Waals surface area (Å²) in [4.78, 5) is 27.5. The van der Waals surface area contributed by atoms with Crippen LogP contribution in [0.3, 0.4) is 0 Å². The molecule has 0 fully saturated rings. The van der Waals surface area contributed by atoms with Gasteiger partial charge < -0.3 is 19.5 Å². The van der Waals surface area contributed by atoms with Crippen molar-refractivity contribution in [2.24, 2.45) is 0 Å². The summed E-state index contributed by atoms with van der Waals surface area (Å²) in [6.45, 7) is 2.38. The zero-order valence-corrected chi connectivity index (χ0v) is 16.7. The smallest absolute Gasteiger partial charge is 0.264 e. The van der Waals surface area contributed by atoms with Gasteiger partial charge in [-0.25, -0.2) is 0 Å². The van der Waals surface area contributed by atoms with E-state index in [0.29, 0.717) is 40.7 Å². The van der Waals surface area contributed by atoms with Crippen molar-refractivity contribution < 1.29 is 24.2 Å². The van der Waals surface area contributed by atoms with E-state index in [-0.39, 0.29) is 5.56 Å². The van der Waals surface area contributed by atoms with Gasteiger partial charge >= 0.3 is 0 Å². The minimum atomic E-state index is -1.97. The number of ketones is 1. The number of hydrogen-bond donors (Lipinski definition) is 1. The van der Waals surface area contributed by atoms with Gasteiger partial charge in [-0.05, 0) is 36.8 Å². The Morgan fingerprint density at radius 3 is 2.57 bits per heavy atom. The first-order valence-corrected chi connectivity index (χ1v) is 9.33. The van der Waals surface area contributed by atoms with Crippen molar-refractivity contribution >= 4 is 29.0 Å². The van der Waals surface area contributed by atoms with E-state index in [0.717, 1.165) is 0 Å². The maximum absolute atomic E-state index is 13.0. The van der Waals surface area contributed by atoms with E-state index < -0.39 is 23.7 Å². The average molecular weight is 404 g/mol. The van der Waals surface area contributed by atoms with Crippen LogP contribution in [0.4, 0.5) is 5.69 Å². The second-order valence-corrected chi connectivity index (χ2v) is 7.08. The van der Waals surface area contributed by atoms with E-state index in [1.165, 1.54) is 19.1 Å². The number of methoxy groups -OCH3 is 2. The summed E-state index contributed by atoms with van der Waals surface area (Å²) in [6.07, 6.45) is 0.298. The molecule has 0 spiro atoms. The van der Waals surface area contributed by atoms with Crippen molar-refractivity contribution in [3.8, 4) is 11.5 Å². The number of anilines is 1. The number of benzene rings is 2. The monoisotopic (exact) mass is 403 g/mol. The molecule has 28 heavy (non-hydrogen) atoms. The first kappa shape index (κ1) is 20.2. The first-order valence-electron chi connectivity index (χ1n) is 8.95. The first-order chi connectivity index (χ1) is 13.3. The lowest BCUT2D eigenvalue weighted by atomic mass is 9.88. The molecule has 2 aromatic rings. The van der Waals surface area contributed by atoms with Gasteiger partial charge in [-0.15, -0.1) is 0 Å². The second kappa shape index (κ2) is 7.81. The Morgan fingerprint density at radius 1 is 1.18 bits per heavy atom. The molecule has 0 aliphatic carbocycles. The Morgan fingerprint density at radius 2 is 1.93 bits per heavy atom. The van der Waals surface area contributed by atoms with Gasteiger partial charge in [-0.2, -0.15) is 0 Å². The summed E-state index contributed by atoms with van der Waals surface area (Å²) < 4.78 is 10.4. The highest BCUT2D eigenvalue weighted by Gasteiger charge is 2.51. The highest BCUT2D eigenvalue weighted by atomic mass is 35.5. The third kappa shape index (κ3) is 3.34. The Balaban J connectivity index is 2.00. The van der Waals surface area contributed by atoms with Crippen LogP contribution < -0.4 is 14.4 Å². The number of halogens is 1. The van der Waals surface area contributed by atoms with E-state index in [1.807, 2.05) is 6.92 Å². The van der Waals surface area contributed by atoms with Gasteiger partial charge in [0.1, 0.15) is 11.5 Å². The molecule has 148 valence electrons. The van der Waals surface area contributed by atoms with E-state index >= 15 is 0 Å². The van der Waals surface area contributed by atoms with Gasteiger partial charge in [0.2, 0.25) is 0 Å². The predicted molar refractivity (Wildman–Crippen MR) is 106 cm³/mol. The molecular formula is C21H22ClNO5. The summed E-state index contributed by atoms with van der Waals surface area (Å²) in [7, 11) is 2.96. The van der Waals surface area contributed by atoms with Crippen LogP contribution in [0.15, 0.2) is 36.4 Å². The summed E-state index contributed by atoms with van der Waals surface area (Å²) in [5.74, 6) is -0.0856. The lowest BCUT2D eigenvalue weighted by Crippen LogP contribution is -2.42. The zero-order valence-electron chi connectivity index (χ0n) is 16.0.